The first-order chi connectivity index (χ1) is 13.1. The van der Waals surface area contributed by atoms with Gasteiger partial charge in [-0.05, 0) is 43.4 Å². The second-order valence-corrected chi connectivity index (χ2v) is 9.57. The molecule has 1 N–H and O–H groups in total. The zero-order chi connectivity index (χ0) is 20.9. The van der Waals surface area contributed by atoms with E-state index >= 15 is 0 Å². The SMILES string of the molecule is C#CCN(CCC1COC2(CCC(C(C)(C)C(C)C)CC2)O1)CC(O)C(C)=O. The molecule has 1 heterocycles. The molecule has 0 aromatic heterocycles. The Bertz CT molecular complexity index is 557. The van der Waals surface area contributed by atoms with Gasteiger partial charge in [0.05, 0.1) is 19.3 Å². The quantitative estimate of drug-likeness (QED) is 0.610. The van der Waals surface area contributed by atoms with Crippen molar-refractivity contribution in [2.75, 3.05) is 26.2 Å². The molecule has 28 heavy (non-hydrogen) atoms. The molecule has 0 aromatic rings. The van der Waals surface area contributed by atoms with E-state index in [4.69, 9.17) is 15.9 Å². The predicted octanol–water partition coefficient (Wildman–Crippen LogP) is 3.25. The number of ketones is 1. The van der Waals surface area contributed by atoms with Crippen LogP contribution in [0.4, 0.5) is 0 Å². The van der Waals surface area contributed by atoms with Crippen LogP contribution in [0, 0.1) is 29.6 Å². The Morgan fingerprint density at radius 1 is 1.36 bits per heavy atom. The van der Waals surface area contributed by atoms with Crippen molar-refractivity contribution in [1.29, 1.82) is 0 Å². The lowest BCUT2D eigenvalue weighted by atomic mass is 9.64. The Morgan fingerprint density at radius 3 is 2.54 bits per heavy atom. The number of hydrogen-bond acceptors (Lipinski definition) is 5. The number of aliphatic hydroxyl groups excluding tert-OH is 1. The fraction of sp³-hybridized carbons (Fsp3) is 0.870. The highest BCUT2D eigenvalue weighted by atomic mass is 16.7. The average molecular weight is 394 g/mol. The third-order valence-corrected chi connectivity index (χ3v) is 7.18. The van der Waals surface area contributed by atoms with Crippen LogP contribution >= 0.6 is 0 Å². The van der Waals surface area contributed by atoms with Crippen LogP contribution in [0.1, 0.15) is 66.7 Å². The number of hydrogen-bond donors (Lipinski definition) is 1. The summed E-state index contributed by atoms with van der Waals surface area (Å²) in [5.41, 5.74) is 0.340. The van der Waals surface area contributed by atoms with Crippen molar-refractivity contribution in [3.05, 3.63) is 0 Å². The first-order valence-electron chi connectivity index (χ1n) is 10.8. The molecule has 160 valence electrons. The molecule has 5 nitrogen and oxygen atoms in total. The molecule has 1 aliphatic heterocycles. The summed E-state index contributed by atoms with van der Waals surface area (Å²) >= 11 is 0. The van der Waals surface area contributed by atoms with E-state index in [1.165, 1.54) is 6.92 Å². The number of carbonyl (C=O) groups excluding carboxylic acids is 1. The molecule has 1 spiro atoms. The summed E-state index contributed by atoms with van der Waals surface area (Å²) in [5.74, 6) is 3.33. The van der Waals surface area contributed by atoms with Crippen molar-refractivity contribution in [3.8, 4) is 12.3 Å². The lowest BCUT2D eigenvalue weighted by Gasteiger charge is -2.44. The van der Waals surface area contributed by atoms with Gasteiger partial charge in [-0.25, -0.2) is 0 Å². The van der Waals surface area contributed by atoms with Gasteiger partial charge >= 0.3 is 0 Å². The zero-order valence-corrected chi connectivity index (χ0v) is 18.4. The number of terminal acetylenes is 1. The molecule has 5 heteroatoms. The molecule has 1 aliphatic carbocycles. The van der Waals surface area contributed by atoms with Crippen molar-refractivity contribution >= 4 is 5.78 Å². The Balaban J connectivity index is 1.82. The number of aliphatic hydroxyl groups is 1. The Hall–Kier alpha value is -0.930. The zero-order valence-electron chi connectivity index (χ0n) is 18.4. The third kappa shape index (κ3) is 5.79. The van der Waals surface area contributed by atoms with Gasteiger partial charge < -0.3 is 14.6 Å². The van der Waals surface area contributed by atoms with Crippen LogP contribution in [0.5, 0.6) is 0 Å². The number of nitrogens with zero attached hydrogens (tertiary/aromatic N) is 1. The van der Waals surface area contributed by atoms with Crippen LogP contribution < -0.4 is 0 Å². The number of rotatable bonds is 9. The molecule has 2 aliphatic rings. The molecule has 2 atom stereocenters. The number of carbonyl (C=O) groups is 1. The van der Waals surface area contributed by atoms with E-state index in [1.54, 1.807) is 0 Å². The molecular formula is C23H39NO4. The molecule has 0 amide bonds. The molecule has 2 fully saturated rings. The van der Waals surface area contributed by atoms with E-state index in [-0.39, 0.29) is 18.4 Å². The predicted molar refractivity (Wildman–Crippen MR) is 111 cm³/mol. The van der Waals surface area contributed by atoms with Gasteiger partial charge in [-0.2, -0.15) is 0 Å². The molecule has 0 bridgehead atoms. The van der Waals surface area contributed by atoms with Gasteiger partial charge in [-0.1, -0.05) is 33.6 Å². The van der Waals surface area contributed by atoms with Gasteiger partial charge in [0.25, 0.3) is 0 Å². The first-order valence-corrected chi connectivity index (χ1v) is 10.8. The van der Waals surface area contributed by atoms with Gasteiger partial charge in [-0.3, -0.25) is 9.69 Å². The van der Waals surface area contributed by atoms with E-state index in [2.05, 4.69) is 33.6 Å². The van der Waals surface area contributed by atoms with E-state index in [0.717, 1.165) is 32.1 Å². The van der Waals surface area contributed by atoms with Gasteiger partial charge in [-0.15, -0.1) is 6.42 Å². The van der Waals surface area contributed by atoms with E-state index in [1.807, 2.05) is 4.90 Å². The maximum absolute atomic E-state index is 11.3. The summed E-state index contributed by atoms with van der Waals surface area (Å²) in [6.07, 6.45) is 9.49. The fourth-order valence-corrected chi connectivity index (χ4v) is 4.36. The summed E-state index contributed by atoms with van der Waals surface area (Å²) in [6, 6.07) is 0. The topological polar surface area (TPSA) is 59.0 Å². The van der Waals surface area contributed by atoms with E-state index in [0.29, 0.717) is 36.9 Å². The maximum Gasteiger partial charge on any atom is 0.168 e. The summed E-state index contributed by atoms with van der Waals surface area (Å²) in [4.78, 5) is 13.2. The molecule has 0 aromatic carbocycles. The highest BCUT2D eigenvalue weighted by molar-refractivity contribution is 5.80. The summed E-state index contributed by atoms with van der Waals surface area (Å²) in [5, 5.41) is 9.83. The molecule has 0 radical (unpaired) electrons. The molecule has 2 rings (SSSR count). The minimum Gasteiger partial charge on any atom is -0.384 e. The minimum absolute atomic E-state index is 0.0457. The van der Waals surface area contributed by atoms with Crippen LogP contribution in [-0.2, 0) is 14.3 Å². The van der Waals surface area contributed by atoms with Crippen molar-refractivity contribution < 1.29 is 19.4 Å². The van der Waals surface area contributed by atoms with E-state index in [9.17, 15) is 9.90 Å². The summed E-state index contributed by atoms with van der Waals surface area (Å²) in [6.45, 7) is 12.8. The summed E-state index contributed by atoms with van der Waals surface area (Å²) < 4.78 is 12.5. The first kappa shape index (κ1) is 23.3. The van der Waals surface area contributed by atoms with Crippen LogP contribution in [-0.4, -0.2) is 60.0 Å². The van der Waals surface area contributed by atoms with Crippen molar-refractivity contribution in [1.82, 2.24) is 4.90 Å². The van der Waals surface area contributed by atoms with Gasteiger partial charge in [0, 0.05) is 25.9 Å². The van der Waals surface area contributed by atoms with Gasteiger partial charge in [0.1, 0.15) is 6.10 Å². The monoisotopic (exact) mass is 393 g/mol. The lowest BCUT2D eigenvalue weighted by Crippen LogP contribution is -2.41. The smallest absolute Gasteiger partial charge is 0.168 e. The summed E-state index contributed by atoms with van der Waals surface area (Å²) in [7, 11) is 0. The second-order valence-electron chi connectivity index (χ2n) is 9.57. The van der Waals surface area contributed by atoms with Crippen molar-refractivity contribution in [3.63, 3.8) is 0 Å². The number of Topliss-reactive ketones (excluding diaryl/α,β-unsaturated/α-hetero) is 1. The van der Waals surface area contributed by atoms with Crippen LogP contribution in [0.25, 0.3) is 0 Å². The van der Waals surface area contributed by atoms with Gasteiger partial charge in [0.2, 0.25) is 0 Å². The van der Waals surface area contributed by atoms with Crippen LogP contribution in [0.15, 0.2) is 0 Å². The van der Waals surface area contributed by atoms with E-state index < -0.39 is 11.9 Å². The highest BCUT2D eigenvalue weighted by Crippen LogP contribution is 2.48. The molecular weight excluding hydrogens is 354 g/mol. The molecule has 1 saturated carbocycles. The lowest BCUT2D eigenvalue weighted by molar-refractivity contribution is -0.198. The Kier molecular flexibility index (Phi) is 8.10. The highest BCUT2D eigenvalue weighted by Gasteiger charge is 2.47. The molecule has 2 unspecified atom stereocenters. The molecule has 1 saturated heterocycles. The second kappa shape index (κ2) is 9.71. The number of ether oxygens (including phenoxy) is 2. The van der Waals surface area contributed by atoms with Crippen molar-refractivity contribution in [2.24, 2.45) is 17.3 Å². The fourth-order valence-electron chi connectivity index (χ4n) is 4.36. The van der Waals surface area contributed by atoms with Crippen LogP contribution in [0.2, 0.25) is 0 Å². The average Bonchev–Trinajstić information content (AvgIpc) is 3.02. The third-order valence-electron chi connectivity index (χ3n) is 7.18. The Morgan fingerprint density at radius 2 is 2.00 bits per heavy atom. The minimum atomic E-state index is -0.986. The normalized spacial score (nSPS) is 29.4. The Labute approximate surface area is 171 Å². The maximum atomic E-state index is 11.3. The van der Waals surface area contributed by atoms with Crippen molar-refractivity contribution in [2.45, 2.75) is 84.7 Å². The van der Waals surface area contributed by atoms with Gasteiger partial charge in [0.15, 0.2) is 11.6 Å². The standard InChI is InChI=1S/C23H39NO4/c1-7-13-24(15-21(26)18(4)25)14-10-20-16-27-23(28-20)11-8-19(9-12-23)22(5,6)17(2)3/h1,17,19-21,26H,8-16H2,2-6H3. The largest absolute Gasteiger partial charge is 0.384 e. The van der Waals surface area contributed by atoms with Crippen LogP contribution in [0.3, 0.4) is 0 Å².